The van der Waals surface area contributed by atoms with Crippen molar-refractivity contribution in [3.8, 4) is 6.07 Å². The number of ether oxygens (including phenoxy) is 1. The second kappa shape index (κ2) is 7.73. The maximum atomic E-state index is 12.2. The summed E-state index contributed by atoms with van der Waals surface area (Å²) in [5, 5.41) is 8.85. The second-order valence-electron chi connectivity index (χ2n) is 5.80. The molecule has 22 heavy (non-hydrogen) atoms. The summed E-state index contributed by atoms with van der Waals surface area (Å²) in [7, 11) is -3.40. The maximum Gasteiger partial charge on any atom is 0.216 e. The number of benzene rings is 1. The molecule has 1 heterocycles. The van der Waals surface area contributed by atoms with Gasteiger partial charge in [0.25, 0.3) is 0 Å². The van der Waals surface area contributed by atoms with E-state index in [2.05, 4.69) is 4.72 Å². The maximum absolute atomic E-state index is 12.2. The van der Waals surface area contributed by atoms with Crippen LogP contribution < -0.4 is 4.72 Å². The van der Waals surface area contributed by atoms with Crippen LogP contribution in [0.3, 0.4) is 0 Å². The number of hydrogen-bond donors (Lipinski definition) is 1. The highest BCUT2D eigenvalue weighted by Crippen LogP contribution is 2.18. The summed E-state index contributed by atoms with van der Waals surface area (Å²) in [4.78, 5) is 0. The van der Waals surface area contributed by atoms with Crippen LogP contribution in [0.15, 0.2) is 24.3 Å². The molecule has 120 valence electrons. The quantitative estimate of drug-likeness (QED) is 0.835. The van der Waals surface area contributed by atoms with Gasteiger partial charge in [0.2, 0.25) is 10.0 Å². The molecule has 1 saturated heterocycles. The molecule has 1 fully saturated rings. The molecule has 1 aromatic carbocycles. The average molecular weight is 322 g/mol. The smallest absolute Gasteiger partial charge is 0.216 e. The van der Waals surface area contributed by atoms with E-state index < -0.39 is 10.0 Å². The number of nitriles is 1. The first kappa shape index (κ1) is 16.9. The zero-order valence-electron chi connectivity index (χ0n) is 12.8. The fourth-order valence-corrected chi connectivity index (χ4v) is 4.10. The molecular weight excluding hydrogens is 300 g/mol. The van der Waals surface area contributed by atoms with Crippen LogP contribution in [0, 0.1) is 11.3 Å². The van der Waals surface area contributed by atoms with Gasteiger partial charge in [-0.2, -0.15) is 5.26 Å². The van der Waals surface area contributed by atoms with Crippen LogP contribution in [-0.2, 0) is 20.5 Å². The van der Waals surface area contributed by atoms with Gasteiger partial charge in [0.05, 0.1) is 23.5 Å². The number of hydrogen-bond acceptors (Lipinski definition) is 4. The van der Waals surface area contributed by atoms with Gasteiger partial charge >= 0.3 is 0 Å². The van der Waals surface area contributed by atoms with E-state index >= 15 is 0 Å². The van der Waals surface area contributed by atoms with Crippen molar-refractivity contribution < 1.29 is 13.2 Å². The van der Waals surface area contributed by atoms with Crippen LogP contribution in [0.1, 0.15) is 43.7 Å². The van der Waals surface area contributed by atoms with Gasteiger partial charge in [0, 0.05) is 12.6 Å². The average Bonchev–Trinajstić information content (AvgIpc) is 2.97. The molecule has 0 unspecified atom stereocenters. The lowest BCUT2D eigenvalue weighted by Gasteiger charge is -2.16. The zero-order chi connectivity index (χ0) is 16.0. The summed E-state index contributed by atoms with van der Waals surface area (Å²) in [5.41, 5.74) is 1.09. The molecule has 0 saturated carbocycles. The van der Waals surface area contributed by atoms with Gasteiger partial charge in [-0.25, -0.2) is 13.1 Å². The molecule has 1 aliphatic rings. The molecule has 0 amide bonds. The van der Waals surface area contributed by atoms with E-state index in [0.717, 1.165) is 32.3 Å². The van der Waals surface area contributed by atoms with Crippen molar-refractivity contribution in [2.75, 3.05) is 6.61 Å². The van der Waals surface area contributed by atoms with Crippen LogP contribution in [0.2, 0.25) is 0 Å². The molecule has 0 bridgehead atoms. The predicted molar refractivity (Wildman–Crippen MR) is 84.6 cm³/mol. The van der Waals surface area contributed by atoms with Crippen LogP contribution in [0.5, 0.6) is 0 Å². The number of rotatable bonds is 7. The minimum atomic E-state index is -3.40. The number of nitrogens with zero attached hydrogens (tertiary/aromatic N) is 1. The van der Waals surface area contributed by atoms with Crippen molar-refractivity contribution in [2.24, 2.45) is 0 Å². The molecule has 1 N–H and O–H groups in total. The standard InChI is InChI=1S/C16H22N2O3S/c1-13(7-8-16-6-3-9-21-16)18-22(19,20)12-15-5-2-4-14(10-15)11-17/h2,4-5,10,13,16,18H,3,6-9,12H2,1H3/t13-,16-/m0/s1. The van der Waals surface area contributed by atoms with Crippen molar-refractivity contribution in [1.82, 2.24) is 4.72 Å². The van der Waals surface area contributed by atoms with Gasteiger partial charge in [-0.1, -0.05) is 12.1 Å². The highest BCUT2D eigenvalue weighted by molar-refractivity contribution is 7.88. The molecule has 1 aromatic rings. The Morgan fingerprint density at radius 1 is 1.50 bits per heavy atom. The van der Waals surface area contributed by atoms with E-state index in [1.54, 1.807) is 24.3 Å². The zero-order valence-corrected chi connectivity index (χ0v) is 13.6. The molecule has 0 spiro atoms. The first-order valence-electron chi connectivity index (χ1n) is 7.59. The Hall–Kier alpha value is -1.42. The summed E-state index contributed by atoms with van der Waals surface area (Å²) < 4.78 is 32.6. The van der Waals surface area contributed by atoms with Gasteiger partial charge in [-0.15, -0.1) is 0 Å². The van der Waals surface area contributed by atoms with E-state index in [1.165, 1.54) is 0 Å². The highest BCUT2D eigenvalue weighted by Gasteiger charge is 2.19. The Morgan fingerprint density at radius 3 is 3.00 bits per heavy atom. The summed E-state index contributed by atoms with van der Waals surface area (Å²) in [6.07, 6.45) is 4.09. The van der Waals surface area contributed by atoms with E-state index in [-0.39, 0.29) is 17.9 Å². The molecule has 0 aliphatic carbocycles. The third-order valence-corrected chi connectivity index (χ3v) is 5.21. The van der Waals surface area contributed by atoms with Crippen LogP contribution in [0.25, 0.3) is 0 Å². The molecule has 1 aliphatic heterocycles. The van der Waals surface area contributed by atoms with Crippen LogP contribution in [0.4, 0.5) is 0 Å². The number of nitrogens with one attached hydrogen (secondary N) is 1. The van der Waals surface area contributed by atoms with Crippen molar-refractivity contribution in [3.05, 3.63) is 35.4 Å². The summed E-state index contributed by atoms with van der Waals surface area (Å²) in [5.74, 6) is -0.104. The lowest BCUT2D eigenvalue weighted by Crippen LogP contribution is -2.34. The van der Waals surface area contributed by atoms with Gasteiger partial charge in [-0.3, -0.25) is 0 Å². The van der Waals surface area contributed by atoms with E-state index in [1.807, 2.05) is 13.0 Å². The monoisotopic (exact) mass is 322 g/mol. The Morgan fingerprint density at radius 2 is 2.32 bits per heavy atom. The van der Waals surface area contributed by atoms with Crippen molar-refractivity contribution >= 4 is 10.0 Å². The van der Waals surface area contributed by atoms with Crippen LogP contribution >= 0.6 is 0 Å². The Kier molecular flexibility index (Phi) is 5.95. The third kappa shape index (κ3) is 5.41. The summed E-state index contributed by atoms with van der Waals surface area (Å²) in [6.45, 7) is 2.69. The summed E-state index contributed by atoms with van der Waals surface area (Å²) in [6, 6.07) is 8.58. The Balaban J connectivity index is 1.85. The molecule has 5 nitrogen and oxygen atoms in total. The first-order valence-corrected chi connectivity index (χ1v) is 9.24. The normalized spacial score (nSPS) is 19.7. The second-order valence-corrected chi connectivity index (χ2v) is 7.56. The van der Waals surface area contributed by atoms with E-state index in [0.29, 0.717) is 11.1 Å². The lowest BCUT2D eigenvalue weighted by atomic mass is 10.1. The predicted octanol–water partition coefficient (Wildman–Crippen LogP) is 2.33. The SMILES string of the molecule is C[C@@H](CC[C@@H]1CCCO1)NS(=O)(=O)Cc1cccc(C#N)c1. The highest BCUT2D eigenvalue weighted by atomic mass is 32.2. The minimum absolute atomic E-state index is 0.104. The van der Waals surface area contributed by atoms with Gasteiger partial charge in [0.1, 0.15) is 0 Å². The topological polar surface area (TPSA) is 79.2 Å². The van der Waals surface area contributed by atoms with Crippen molar-refractivity contribution in [3.63, 3.8) is 0 Å². The largest absolute Gasteiger partial charge is 0.378 e. The Bertz CT molecular complexity index is 631. The van der Waals surface area contributed by atoms with Crippen molar-refractivity contribution in [1.29, 1.82) is 5.26 Å². The van der Waals surface area contributed by atoms with Crippen molar-refractivity contribution in [2.45, 2.75) is 50.5 Å². The Labute approximate surface area is 132 Å². The first-order chi connectivity index (χ1) is 10.5. The fourth-order valence-electron chi connectivity index (χ4n) is 2.67. The molecule has 2 rings (SSSR count). The molecular formula is C16H22N2O3S. The molecule has 2 atom stereocenters. The summed E-state index contributed by atoms with van der Waals surface area (Å²) >= 11 is 0. The third-order valence-electron chi connectivity index (χ3n) is 3.74. The van der Waals surface area contributed by atoms with Gasteiger partial charge in [-0.05, 0) is 50.3 Å². The molecule has 0 aromatic heterocycles. The fraction of sp³-hybridized carbons (Fsp3) is 0.562. The lowest BCUT2D eigenvalue weighted by molar-refractivity contribution is 0.101. The van der Waals surface area contributed by atoms with E-state index in [9.17, 15) is 8.42 Å². The number of sulfonamides is 1. The van der Waals surface area contributed by atoms with Gasteiger partial charge < -0.3 is 4.74 Å². The van der Waals surface area contributed by atoms with Gasteiger partial charge in [0.15, 0.2) is 0 Å². The van der Waals surface area contributed by atoms with Crippen LogP contribution in [-0.4, -0.2) is 27.2 Å². The minimum Gasteiger partial charge on any atom is -0.378 e. The van der Waals surface area contributed by atoms with E-state index in [4.69, 9.17) is 10.00 Å². The molecule has 6 heteroatoms. The molecule has 0 radical (unpaired) electrons.